The van der Waals surface area contributed by atoms with Crippen LogP contribution in [0.5, 0.6) is 0 Å². The SMILES string of the molecule is CCNC(c1cccnc1)c1cc(Br)ccc1Br. The minimum atomic E-state index is 0.149. The minimum Gasteiger partial charge on any atom is -0.306 e. The number of halogens is 2. The van der Waals surface area contributed by atoms with Gasteiger partial charge in [0, 0.05) is 21.3 Å². The van der Waals surface area contributed by atoms with Gasteiger partial charge in [-0.25, -0.2) is 0 Å². The smallest absolute Gasteiger partial charge is 0.0603 e. The number of nitrogens with one attached hydrogen (secondary N) is 1. The third-order valence-corrected chi connectivity index (χ3v) is 3.91. The van der Waals surface area contributed by atoms with Gasteiger partial charge in [-0.05, 0) is 41.9 Å². The van der Waals surface area contributed by atoms with E-state index in [1.165, 1.54) is 5.56 Å². The predicted molar refractivity (Wildman–Crippen MR) is 81.6 cm³/mol. The van der Waals surface area contributed by atoms with Crippen LogP contribution in [0.25, 0.3) is 0 Å². The Labute approximate surface area is 124 Å². The Hall–Kier alpha value is -0.710. The molecule has 94 valence electrons. The lowest BCUT2D eigenvalue weighted by Crippen LogP contribution is -2.22. The zero-order valence-electron chi connectivity index (χ0n) is 10.0. The number of nitrogens with zero attached hydrogens (tertiary/aromatic N) is 1. The summed E-state index contributed by atoms with van der Waals surface area (Å²) in [4.78, 5) is 4.20. The number of hydrogen-bond donors (Lipinski definition) is 1. The van der Waals surface area contributed by atoms with Gasteiger partial charge in [0.25, 0.3) is 0 Å². The fourth-order valence-electron chi connectivity index (χ4n) is 1.89. The van der Waals surface area contributed by atoms with E-state index in [0.29, 0.717) is 0 Å². The molecule has 2 nitrogen and oxygen atoms in total. The normalized spacial score (nSPS) is 12.4. The van der Waals surface area contributed by atoms with Crippen molar-refractivity contribution < 1.29 is 0 Å². The van der Waals surface area contributed by atoms with Crippen LogP contribution in [-0.2, 0) is 0 Å². The van der Waals surface area contributed by atoms with Gasteiger partial charge < -0.3 is 5.32 Å². The van der Waals surface area contributed by atoms with Gasteiger partial charge in [-0.15, -0.1) is 0 Å². The highest BCUT2D eigenvalue weighted by atomic mass is 79.9. The number of hydrogen-bond acceptors (Lipinski definition) is 2. The molecule has 0 bridgehead atoms. The molecule has 1 N–H and O–H groups in total. The number of rotatable bonds is 4. The molecule has 2 rings (SSSR count). The van der Waals surface area contributed by atoms with Gasteiger partial charge in [0.2, 0.25) is 0 Å². The lowest BCUT2D eigenvalue weighted by Gasteiger charge is -2.20. The Morgan fingerprint density at radius 1 is 1.28 bits per heavy atom. The van der Waals surface area contributed by atoms with Gasteiger partial charge >= 0.3 is 0 Å². The molecule has 2 aromatic rings. The van der Waals surface area contributed by atoms with Crippen LogP contribution in [0.2, 0.25) is 0 Å². The van der Waals surface area contributed by atoms with Gasteiger partial charge in [-0.3, -0.25) is 4.98 Å². The molecule has 1 heterocycles. The second-order valence-corrected chi connectivity index (χ2v) is 5.71. The third-order valence-electron chi connectivity index (χ3n) is 2.70. The van der Waals surface area contributed by atoms with E-state index in [9.17, 15) is 0 Å². The van der Waals surface area contributed by atoms with Crippen LogP contribution in [0, 0.1) is 0 Å². The number of aromatic nitrogens is 1. The fraction of sp³-hybridized carbons (Fsp3) is 0.214. The minimum absolute atomic E-state index is 0.149. The molecule has 0 amide bonds. The molecular weight excluding hydrogens is 356 g/mol. The zero-order chi connectivity index (χ0) is 13.0. The van der Waals surface area contributed by atoms with E-state index in [-0.39, 0.29) is 6.04 Å². The molecule has 0 aliphatic heterocycles. The highest BCUT2D eigenvalue weighted by Crippen LogP contribution is 2.30. The summed E-state index contributed by atoms with van der Waals surface area (Å²) >= 11 is 7.14. The molecule has 1 aromatic carbocycles. The van der Waals surface area contributed by atoms with Crippen LogP contribution in [0.15, 0.2) is 51.7 Å². The Balaban J connectivity index is 2.44. The molecule has 18 heavy (non-hydrogen) atoms. The molecule has 0 saturated carbocycles. The van der Waals surface area contributed by atoms with Crippen molar-refractivity contribution in [3.8, 4) is 0 Å². The van der Waals surface area contributed by atoms with Crippen LogP contribution >= 0.6 is 31.9 Å². The van der Waals surface area contributed by atoms with Crippen molar-refractivity contribution in [2.45, 2.75) is 13.0 Å². The van der Waals surface area contributed by atoms with Crippen molar-refractivity contribution in [1.29, 1.82) is 0 Å². The van der Waals surface area contributed by atoms with E-state index in [0.717, 1.165) is 21.1 Å². The topological polar surface area (TPSA) is 24.9 Å². The van der Waals surface area contributed by atoms with Crippen molar-refractivity contribution in [3.63, 3.8) is 0 Å². The molecule has 1 aromatic heterocycles. The highest BCUT2D eigenvalue weighted by molar-refractivity contribution is 9.11. The Bertz CT molecular complexity index is 514. The van der Waals surface area contributed by atoms with Crippen LogP contribution in [0.1, 0.15) is 24.1 Å². The summed E-state index contributed by atoms with van der Waals surface area (Å²) in [5, 5.41) is 3.49. The van der Waals surface area contributed by atoms with Crippen molar-refractivity contribution in [1.82, 2.24) is 10.3 Å². The van der Waals surface area contributed by atoms with Gasteiger partial charge in [0.1, 0.15) is 0 Å². The monoisotopic (exact) mass is 368 g/mol. The van der Waals surface area contributed by atoms with E-state index in [2.05, 4.69) is 67.3 Å². The molecule has 0 radical (unpaired) electrons. The summed E-state index contributed by atoms with van der Waals surface area (Å²) in [6.07, 6.45) is 3.70. The van der Waals surface area contributed by atoms with E-state index in [1.807, 2.05) is 18.3 Å². The molecule has 0 spiro atoms. The summed E-state index contributed by atoms with van der Waals surface area (Å²) in [6, 6.07) is 10.4. The van der Waals surface area contributed by atoms with E-state index < -0.39 is 0 Å². The molecule has 0 saturated heterocycles. The van der Waals surface area contributed by atoms with Gasteiger partial charge in [0.15, 0.2) is 0 Å². The van der Waals surface area contributed by atoms with Crippen LogP contribution in [0.3, 0.4) is 0 Å². The zero-order valence-corrected chi connectivity index (χ0v) is 13.2. The van der Waals surface area contributed by atoms with Crippen LogP contribution in [-0.4, -0.2) is 11.5 Å². The third kappa shape index (κ3) is 3.19. The lowest BCUT2D eigenvalue weighted by atomic mass is 10.0. The van der Waals surface area contributed by atoms with E-state index in [4.69, 9.17) is 0 Å². The molecule has 1 unspecified atom stereocenters. The average molecular weight is 370 g/mol. The molecule has 0 aliphatic carbocycles. The number of benzene rings is 1. The summed E-state index contributed by atoms with van der Waals surface area (Å²) < 4.78 is 2.17. The Morgan fingerprint density at radius 3 is 2.78 bits per heavy atom. The summed E-state index contributed by atoms with van der Waals surface area (Å²) in [5.41, 5.74) is 2.37. The largest absolute Gasteiger partial charge is 0.306 e. The lowest BCUT2D eigenvalue weighted by molar-refractivity contribution is 0.626. The molecular formula is C14H14Br2N2. The Kier molecular flexibility index (Phi) is 4.92. The van der Waals surface area contributed by atoms with Crippen molar-refractivity contribution in [3.05, 3.63) is 62.8 Å². The first-order valence-corrected chi connectivity index (χ1v) is 7.39. The van der Waals surface area contributed by atoms with Crippen molar-refractivity contribution in [2.75, 3.05) is 6.54 Å². The summed E-state index contributed by atoms with van der Waals surface area (Å²) in [6.45, 7) is 3.01. The standard InChI is InChI=1S/C14H14Br2N2/c1-2-18-14(10-4-3-7-17-9-10)12-8-11(15)5-6-13(12)16/h3-9,14,18H,2H2,1H3. The van der Waals surface area contributed by atoms with E-state index >= 15 is 0 Å². The maximum absolute atomic E-state index is 4.20. The molecule has 0 aliphatic rings. The maximum Gasteiger partial charge on any atom is 0.0603 e. The van der Waals surface area contributed by atoms with Crippen LogP contribution in [0.4, 0.5) is 0 Å². The van der Waals surface area contributed by atoms with Gasteiger partial charge in [0.05, 0.1) is 6.04 Å². The first-order valence-electron chi connectivity index (χ1n) is 5.80. The summed E-state index contributed by atoms with van der Waals surface area (Å²) in [7, 11) is 0. The van der Waals surface area contributed by atoms with Crippen molar-refractivity contribution in [2.24, 2.45) is 0 Å². The highest BCUT2D eigenvalue weighted by Gasteiger charge is 2.16. The first kappa shape index (κ1) is 13.7. The second-order valence-electron chi connectivity index (χ2n) is 3.94. The average Bonchev–Trinajstić information content (AvgIpc) is 2.40. The molecule has 0 fully saturated rings. The quantitative estimate of drug-likeness (QED) is 0.868. The number of pyridine rings is 1. The maximum atomic E-state index is 4.20. The predicted octanol–water partition coefficient (Wildman–Crippen LogP) is 4.31. The van der Waals surface area contributed by atoms with Crippen LogP contribution < -0.4 is 5.32 Å². The van der Waals surface area contributed by atoms with Gasteiger partial charge in [-0.1, -0.05) is 44.8 Å². The van der Waals surface area contributed by atoms with Gasteiger partial charge in [-0.2, -0.15) is 0 Å². The second kappa shape index (κ2) is 6.45. The molecule has 4 heteroatoms. The fourth-order valence-corrected chi connectivity index (χ4v) is 2.75. The molecule has 1 atom stereocenters. The first-order chi connectivity index (χ1) is 8.72. The Morgan fingerprint density at radius 2 is 2.11 bits per heavy atom. The summed E-state index contributed by atoms with van der Waals surface area (Å²) in [5.74, 6) is 0. The van der Waals surface area contributed by atoms with E-state index in [1.54, 1.807) is 6.20 Å². The van der Waals surface area contributed by atoms with Crippen molar-refractivity contribution >= 4 is 31.9 Å².